The number of methoxy groups -OCH3 is 2. The second kappa shape index (κ2) is 11.3. The number of carbonyl (C=O) groups excluding carboxylic acids is 2. The van der Waals surface area contributed by atoms with Crippen molar-refractivity contribution in [1.82, 2.24) is 9.88 Å². The van der Waals surface area contributed by atoms with Crippen LogP contribution in [0.15, 0.2) is 29.2 Å². The van der Waals surface area contributed by atoms with Gasteiger partial charge in [-0.1, -0.05) is 19.9 Å². The van der Waals surface area contributed by atoms with Crippen LogP contribution in [0.3, 0.4) is 0 Å². The highest BCUT2D eigenvalue weighted by atomic mass is 32.2. The number of aromatic nitrogens is 1. The zero-order chi connectivity index (χ0) is 27.6. The van der Waals surface area contributed by atoms with Crippen molar-refractivity contribution in [3.8, 4) is 17.6 Å². The second-order valence-corrected chi connectivity index (χ2v) is 10.8. The lowest BCUT2D eigenvalue weighted by molar-refractivity contribution is -0.119. The molecule has 0 fully saturated rings. The molecule has 0 saturated heterocycles. The molecule has 2 aliphatic rings. The summed E-state index contributed by atoms with van der Waals surface area (Å²) < 4.78 is 26.6. The fraction of sp³-hybridized carbons (Fsp3) is 0.407. The van der Waals surface area contributed by atoms with Crippen LogP contribution in [0.2, 0.25) is 0 Å². The topological polar surface area (TPSA) is 131 Å². The Hall–Kier alpha value is -3.78. The number of benzene rings is 1. The summed E-state index contributed by atoms with van der Waals surface area (Å²) in [6, 6.07) is 6.59. The molecule has 4 rings (SSSR count). The Balaban J connectivity index is 1.73. The van der Waals surface area contributed by atoms with Gasteiger partial charge in [0.05, 0.1) is 42.2 Å². The van der Waals surface area contributed by atoms with Crippen molar-refractivity contribution in [2.45, 2.75) is 51.1 Å². The van der Waals surface area contributed by atoms with E-state index >= 15 is 4.39 Å². The number of nitriles is 1. The molecule has 2 aromatic rings. The Morgan fingerprint density at radius 1 is 1.37 bits per heavy atom. The maximum atomic E-state index is 15.9. The molecule has 3 N–H and O–H groups in total. The normalized spacial score (nSPS) is 17.2. The predicted molar refractivity (Wildman–Crippen MR) is 142 cm³/mol. The smallest absolute Gasteiger partial charge is 0.256 e. The number of hydrogen-bond donors (Lipinski definition) is 2. The molecule has 11 heteroatoms. The highest BCUT2D eigenvalue weighted by Gasteiger charge is 2.39. The Bertz CT molecular complexity index is 1340. The quantitative estimate of drug-likeness (QED) is 0.457. The fourth-order valence-corrected chi connectivity index (χ4v) is 5.70. The third-order valence-electron chi connectivity index (χ3n) is 6.53. The van der Waals surface area contributed by atoms with Gasteiger partial charge in [-0.05, 0) is 30.9 Å². The number of amides is 2. The number of rotatable bonds is 10. The molecule has 3 heterocycles. The van der Waals surface area contributed by atoms with E-state index < -0.39 is 17.8 Å². The number of primary amides is 1. The first-order chi connectivity index (χ1) is 18.2. The molecule has 0 spiro atoms. The molecule has 0 aliphatic carbocycles. The number of ether oxygens (including phenoxy) is 2. The van der Waals surface area contributed by atoms with Crippen molar-refractivity contribution in [3.05, 3.63) is 57.4 Å². The molecule has 38 heavy (non-hydrogen) atoms. The molecule has 9 nitrogen and oxygen atoms in total. The zero-order valence-electron chi connectivity index (χ0n) is 21.7. The van der Waals surface area contributed by atoms with E-state index in [9.17, 15) is 14.9 Å². The van der Waals surface area contributed by atoms with Crippen molar-refractivity contribution >= 4 is 29.4 Å². The van der Waals surface area contributed by atoms with Gasteiger partial charge in [0, 0.05) is 23.7 Å². The third-order valence-corrected chi connectivity index (χ3v) is 7.74. The first kappa shape index (κ1) is 27.3. The lowest BCUT2D eigenvalue weighted by atomic mass is 10.0. The van der Waals surface area contributed by atoms with Gasteiger partial charge >= 0.3 is 0 Å². The summed E-state index contributed by atoms with van der Waals surface area (Å²) >= 11 is 1.29. The van der Waals surface area contributed by atoms with Crippen LogP contribution in [0, 0.1) is 23.1 Å². The maximum Gasteiger partial charge on any atom is 0.256 e. The lowest BCUT2D eigenvalue weighted by Crippen LogP contribution is -2.37. The number of hydrogen-bond acceptors (Lipinski definition) is 8. The number of nitrogens with zero attached hydrogens (tertiary/aromatic N) is 3. The van der Waals surface area contributed by atoms with Crippen molar-refractivity contribution in [2.75, 3.05) is 19.5 Å². The Labute approximate surface area is 225 Å². The zero-order valence-corrected chi connectivity index (χ0v) is 22.5. The number of fused-ring (bicyclic) bond motifs is 1. The molecule has 0 radical (unpaired) electrons. The molecule has 2 atom stereocenters. The van der Waals surface area contributed by atoms with Crippen molar-refractivity contribution in [1.29, 1.82) is 5.26 Å². The van der Waals surface area contributed by atoms with Crippen molar-refractivity contribution < 1.29 is 23.5 Å². The SMILES string of the molecule is COc1ccc(CN2Cc3c(F)c(N[C@H](CC(C)C)C(N)=O)nc(C4CC=C(C#N)S4)c3C2=O)c(OC)c1. The number of carbonyl (C=O) groups is 2. The summed E-state index contributed by atoms with van der Waals surface area (Å²) in [5, 5.41) is 11.9. The summed E-state index contributed by atoms with van der Waals surface area (Å²) in [6.45, 7) is 4.06. The van der Waals surface area contributed by atoms with Gasteiger partial charge in [0.15, 0.2) is 11.6 Å². The summed E-state index contributed by atoms with van der Waals surface area (Å²) in [6.07, 6.45) is 2.65. The third kappa shape index (κ3) is 5.41. The van der Waals surface area contributed by atoms with Crippen molar-refractivity contribution in [2.24, 2.45) is 11.7 Å². The van der Waals surface area contributed by atoms with Crippen LogP contribution in [-0.2, 0) is 17.9 Å². The van der Waals surface area contributed by atoms with Crippen LogP contribution in [0.5, 0.6) is 11.5 Å². The first-order valence-electron chi connectivity index (χ1n) is 12.2. The molecule has 0 saturated carbocycles. The van der Waals surface area contributed by atoms with Gasteiger partial charge in [-0.15, -0.1) is 11.8 Å². The lowest BCUT2D eigenvalue weighted by Gasteiger charge is -2.21. The summed E-state index contributed by atoms with van der Waals surface area (Å²) in [4.78, 5) is 32.3. The number of nitrogens with one attached hydrogen (secondary N) is 1. The first-order valence-corrected chi connectivity index (χ1v) is 13.1. The highest BCUT2D eigenvalue weighted by molar-refractivity contribution is 8.03. The number of anilines is 1. The number of pyridine rings is 1. The standard InChI is InChI=1S/C27H30FN5O4S/c1-14(2)9-19(25(30)34)31-26-23(28)18-13-33(12-15-5-6-16(36-3)10-20(15)37-4)27(35)22(18)24(32-26)21-8-7-17(11-29)38-21/h5-7,10,14,19,21H,8-9,12-13H2,1-4H3,(H2,30,34)(H,31,32)/t19-,21?/m1/s1. The minimum atomic E-state index is -0.830. The van der Waals surface area contributed by atoms with E-state index in [2.05, 4.69) is 16.4 Å². The van der Waals surface area contributed by atoms with Gasteiger partial charge < -0.3 is 25.4 Å². The highest BCUT2D eigenvalue weighted by Crippen LogP contribution is 2.46. The van der Waals surface area contributed by atoms with Crippen molar-refractivity contribution in [3.63, 3.8) is 0 Å². The average molecular weight is 540 g/mol. The van der Waals surface area contributed by atoms with E-state index in [1.165, 1.54) is 23.8 Å². The Morgan fingerprint density at radius 2 is 2.13 bits per heavy atom. The van der Waals surface area contributed by atoms with Gasteiger partial charge in [0.25, 0.3) is 5.91 Å². The number of allylic oxidation sites excluding steroid dienone is 2. The van der Waals surface area contributed by atoms with Crippen LogP contribution in [-0.4, -0.2) is 42.0 Å². The second-order valence-electron chi connectivity index (χ2n) is 9.60. The fourth-order valence-electron chi connectivity index (χ4n) is 4.67. The van der Waals surface area contributed by atoms with Gasteiger partial charge in [-0.2, -0.15) is 5.26 Å². The molecule has 2 aliphatic heterocycles. The monoisotopic (exact) mass is 539 g/mol. The maximum absolute atomic E-state index is 15.9. The summed E-state index contributed by atoms with van der Waals surface area (Å²) in [7, 11) is 3.08. The van der Waals surface area contributed by atoms with Crippen LogP contribution >= 0.6 is 11.8 Å². The van der Waals surface area contributed by atoms with E-state index in [0.29, 0.717) is 34.9 Å². The average Bonchev–Trinajstić information content (AvgIpc) is 3.50. The van der Waals surface area contributed by atoms with Crippen LogP contribution in [0.25, 0.3) is 0 Å². The minimum Gasteiger partial charge on any atom is -0.497 e. The van der Waals surface area contributed by atoms with Gasteiger partial charge in [-0.25, -0.2) is 9.37 Å². The van der Waals surface area contributed by atoms with Crippen LogP contribution < -0.4 is 20.5 Å². The molecule has 2 amide bonds. The number of thioether (sulfide) groups is 1. The van der Waals surface area contributed by atoms with Crippen LogP contribution in [0.1, 0.15) is 59.1 Å². The Morgan fingerprint density at radius 3 is 2.74 bits per heavy atom. The molecule has 0 bridgehead atoms. The van der Waals surface area contributed by atoms with Gasteiger partial charge in [0.2, 0.25) is 5.91 Å². The van der Waals surface area contributed by atoms with E-state index in [-0.39, 0.29) is 47.1 Å². The summed E-state index contributed by atoms with van der Waals surface area (Å²) in [5.74, 6) is -0.499. The molecule has 200 valence electrons. The number of halogens is 1. The molecular formula is C27H30FN5O4S. The largest absolute Gasteiger partial charge is 0.497 e. The van der Waals surface area contributed by atoms with Gasteiger partial charge in [0.1, 0.15) is 23.6 Å². The van der Waals surface area contributed by atoms with E-state index in [4.69, 9.17) is 15.2 Å². The van der Waals surface area contributed by atoms with E-state index in [0.717, 1.165) is 5.56 Å². The van der Waals surface area contributed by atoms with E-state index in [1.807, 2.05) is 13.8 Å². The number of nitrogens with two attached hydrogens (primary N) is 1. The van der Waals surface area contributed by atoms with E-state index in [1.54, 1.807) is 31.4 Å². The molecule has 1 aromatic carbocycles. The molecule has 1 unspecified atom stereocenters. The van der Waals surface area contributed by atoms with Crippen LogP contribution in [0.4, 0.5) is 10.2 Å². The minimum absolute atomic E-state index is 0.0146. The summed E-state index contributed by atoms with van der Waals surface area (Å²) in [5.41, 5.74) is 7.11. The predicted octanol–water partition coefficient (Wildman–Crippen LogP) is 4.29. The van der Waals surface area contributed by atoms with Gasteiger partial charge in [-0.3, -0.25) is 9.59 Å². The Kier molecular flexibility index (Phi) is 8.11. The molecular weight excluding hydrogens is 509 g/mol. The molecule has 1 aromatic heterocycles.